The fourth-order valence-electron chi connectivity index (χ4n) is 4.96. The molecule has 0 aliphatic heterocycles. The van der Waals surface area contributed by atoms with Crippen LogP contribution in [0, 0.1) is 48.9 Å². The van der Waals surface area contributed by atoms with Gasteiger partial charge in [-0.15, -0.1) is 11.8 Å². The van der Waals surface area contributed by atoms with Gasteiger partial charge in [-0.05, 0) is 132 Å². The molecule has 0 aliphatic carbocycles. The molecule has 216 valence electrons. The Morgan fingerprint density at radius 2 is 1.18 bits per heavy atom. The second-order valence-corrected chi connectivity index (χ2v) is 12.1. The van der Waals surface area contributed by atoms with Crippen LogP contribution in [0.5, 0.6) is 5.75 Å². The van der Waals surface area contributed by atoms with E-state index in [1.54, 1.807) is 12.1 Å². The molecule has 5 aromatic carbocycles. The normalized spacial score (nSPS) is 10.3. The van der Waals surface area contributed by atoms with Gasteiger partial charge in [-0.3, -0.25) is 0 Å². The molecule has 0 atom stereocenters. The molecule has 44 heavy (non-hydrogen) atoms. The van der Waals surface area contributed by atoms with Crippen molar-refractivity contribution in [2.24, 2.45) is 0 Å². The number of nitrogens with zero attached hydrogens (tertiary/aromatic N) is 1. The summed E-state index contributed by atoms with van der Waals surface area (Å²) in [6.07, 6.45) is 3.82. The number of hydrogen-bond acceptors (Lipinski definition) is 3. The highest BCUT2D eigenvalue weighted by Gasteiger charge is 2.07. The first-order chi connectivity index (χ1) is 21.5. The zero-order valence-corrected chi connectivity index (χ0v) is 26.4. The van der Waals surface area contributed by atoms with E-state index in [4.69, 9.17) is 10.00 Å². The summed E-state index contributed by atoms with van der Waals surface area (Å²) in [5.74, 6) is 15.1. The average Bonchev–Trinajstić information content (AvgIpc) is 3.05. The molecule has 0 aliphatic rings. The van der Waals surface area contributed by atoms with E-state index in [-0.39, 0.29) is 0 Å². The van der Waals surface area contributed by atoms with Crippen LogP contribution >= 0.6 is 11.8 Å². The van der Waals surface area contributed by atoms with Crippen LogP contribution in [-0.4, -0.2) is 5.75 Å². The molecule has 0 bridgehead atoms. The van der Waals surface area contributed by atoms with Crippen LogP contribution in [0.1, 0.15) is 70.7 Å². The number of rotatable bonds is 8. The average molecular weight is 590 g/mol. The molecule has 0 heterocycles. The minimum Gasteiger partial charge on any atom is -0.488 e. The summed E-state index contributed by atoms with van der Waals surface area (Å²) in [5.41, 5.74) is 7.78. The van der Waals surface area contributed by atoms with E-state index in [9.17, 15) is 0 Å². The Morgan fingerprint density at radius 1 is 0.614 bits per heavy atom. The van der Waals surface area contributed by atoms with E-state index in [1.807, 2.05) is 30.0 Å². The third kappa shape index (κ3) is 8.36. The van der Waals surface area contributed by atoms with E-state index >= 15 is 0 Å². The van der Waals surface area contributed by atoms with E-state index in [1.165, 1.54) is 29.9 Å². The van der Waals surface area contributed by atoms with Gasteiger partial charge in [-0.2, -0.15) is 5.26 Å². The first-order valence-corrected chi connectivity index (χ1v) is 16.0. The third-order valence-electron chi connectivity index (χ3n) is 7.34. The van der Waals surface area contributed by atoms with Gasteiger partial charge in [0.05, 0.1) is 11.6 Å². The highest BCUT2D eigenvalue weighted by atomic mass is 32.2. The Kier molecular flexibility index (Phi) is 10.4. The quantitative estimate of drug-likeness (QED) is 0.103. The van der Waals surface area contributed by atoms with Crippen LogP contribution < -0.4 is 4.74 Å². The summed E-state index contributed by atoms with van der Waals surface area (Å²) in [5, 5.41) is 11.3. The monoisotopic (exact) mass is 589 g/mol. The van der Waals surface area contributed by atoms with Crippen molar-refractivity contribution in [1.82, 2.24) is 0 Å². The minimum absolute atomic E-state index is 0.492. The molecule has 2 nitrogen and oxygen atoms in total. The van der Waals surface area contributed by atoms with Gasteiger partial charge in [0.15, 0.2) is 0 Å². The Balaban J connectivity index is 1.21. The summed E-state index contributed by atoms with van der Waals surface area (Å²) in [6.45, 7) is 6.90. The number of thioether (sulfide) groups is 1. The number of nitriles is 1. The molecule has 0 N–H and O–H groups in total. The van der Waals surface area contributed by atoms with Gasteiger partial charge in [0.2, 0.25) is 0 Å². The Bertz CT molecular complexity index is 1900. The summed E-state index contributed by atoms with van der Waals surface area (Å²) < 4.78 is 6.32. The number of hydrogen-bond donors (Lipinski definition) is 0. The van der Waals surface area contributed by atoms with Gasteiger partial charge < -0.3 is 4.74 Å². The van der Waals surface area contributed by atoms with Crippen LogP contribution in [-0.2, 0) is 6.61 Å². The first kappa shape index (κ1) is 30.6. The lowest BCUT2D eigenvalue weighted by Crippen LogP contribution is -1.99. The fourth-order valence-corrected chi connectivity index (χ4v) is 5.87. The summed E-state index contributed by atoms with van der Waals surface area (Å²) >= 11 is 1.92. The largest absolute Gasteiger partial charge is 0.488 e. The van der Waals surface area contributed by atoms with Crippen LogP contribution in [0.25, 0.3) is 10.8 Å². The molecule has 0 fully saturated rings. The Hall–Kier alpha value is -4.88. The molecule has 5 rings (SSSR count). The van der Waals surface area contributed by atoms with E-state index in [2.05, 4.69) is 117 Å². The Labute approximate surface area is 266 Å². The molecule has 0 amide bonds. The summed E-state index contributed by atoms with van der Waals surface area (Å²) in [7, 11) is 0. The molecule has 0 unspecified atom stereocenters. The van der Waals surface area contributed by atoms with Crippen molar-refractivity contribution in [3.05, 3.63) is 142 Å². The van der Waals surface area contributed by atoms with Crippen LogP contribution in [0.15, 0.2) is 102 Å². The summed E-state index contributed by atoms with van der Waals surface area (Å²) in [4.78, 5) is 1.31. The standard InChI is InChI=1S/C41H35NOS/c1-4-5-6-23-44-40-21-17-33(18-22-40)10-14-36-24-30(2)41(31(3)25-36)43-29-37-16-20-38-26-34(15-19-39(38)27-37)11-7-32-8-12-35(28-42)13-9-32/h8-9,12-13,15-22,24-27H,4-6,23,29H2,1-3H3. The lowest BCUT2D eigenvalue weighted by atomic mass is 10.0. The van der Waals surface area contributed by atoms with Gasteiger partial charge in [-0.25, -0.2) is 0 Å². The number of benzene rings is 5. The SMILES string of the molecule is CCCCCSc1ccc(C#Cc2cc(C)c(OCc3ccc4cc(C#Cc5ccc(C#N)cc5)ccc4c3)c(C)c2)cc1. The summed E-state index contributed by atoms with van der Waals surface area (Å²) in [6, 6.07) is 34.9. The van der Waals surface area contributed by atoms with E-state index in [0.29, 0.717) is 12.2 Å². The predicted molar refractivity (Wildman–Crippen MR) is 184 cm³/mol. The second kappa shape index (κ2) is 15.0. The molecule has 0 saturated heterocycles. The second-order valence-electron chi connectivity index (χ2n) is 10.9. The highest BCUT2D eigenvalue weighted by Crippen LogP contribution is 2.27. The number of unbranched alkanes of at least 4 members (excludes halogenated alkanes) is 2. The molecule has 0 spiro atoms. The lowest BCUT2D eigenvalue weighted by Gasteiger charge is -2.13. The molecule has 0 saturated carbocycles. The number of ether oxygens (including phenoxy) is 1. The highest BCUT2D eigenvalue weighted by molar-refractivity contribution is 7.99. The molecular weight excluding hydrogens is 555 g/mol. The lowest BCUT2D eigenvalue weighted by molar-refractivity contribution is 0.302. The molecular formula is C41H35NOS. The van der Waals surface area contributed by atoms with Crippen molar-refractivity contribution < 1.29 is 4.74 Å². The smallest absolute Gasteiger partial charge is 0.125 e. The van der Waals surface area contributed by atoms with Crippen molar-refractivity contribution >= 4 is 22.5 Å². The topological polar surface area (TPSA) is 33.0 Å². The molecule has 0 aromatic heterocycles. The fraction of sp³-hybridized carbons (Fsp3) is 0.195. The van der Waals surface area contributed by atoms with Crippen molar-refractivity contribution in [1.29, 1.82) is 5.26 Å². The van der Waals surface area contributed by atoms with Crippen molar-refractivity contribution in [2.45, 2.75) is 51.5 Å². The molecule has 0 radical (unpaired) electrons. The zero-order valence-electron chi connectivity index (χ0n) is 25.5. The Morgan fingerprint density at radius 3 is 1.86 bits per heavy atom. The van der Waals surface area contributed by atoms with E-state index < -0.39 is 0 Å². The van der Waals surface area contributed by atoms with E-state index in [0.717, 1.165) is 55.5 Å². The van der Waals surface area contributed by atoms with Crippen molar-refractivity contribution in [3.63, 3.8) is 0 Å². The third-order valence-corrected chi connectivity index (χ3v) is 8.43. The van der Waals surface area contributed by atoms with Crippen LogP contribution in [0.2, 0.25) is 0 Å². The first-order valence-electron chi connectivity index (χ1n) is 15.0. The van der Waals surface area contributed by atoms with Gasteiger partial charge in [-0.1, -0.05) is 61.6 Å². The maximum atomic E-state index is 8.97. The van der Waals surface area contributed by atoms with Gasteiger partial charge >= 0.3 is 0 Å². The van der Waals surface area contributed by atoms with Crippen molar-refractivity contribution in [2.75, 3.05) is 5.75 Å². The minimum atomic E-state index is 0.492. The van der Waals surface area contributed by atoms with Crippen molar-refractivity contribution in [3.8, 4) is 35.5 Å². The van der Waals surface area contributed by atoms with Gasteiger partial charge in [0, 0.05) is 27.1 Å². The van der Waals surface area contributed by atoms with Gasteiger partial charge in [0.1, 0.15) is 12.4 Å². The maximum absolute atomic E-state index is 8.97. The molecule has 5 aromatic rings. The number of fused-ring (bicyclic) bond motifs is 1. The molecule has 3 heteroatoms. The number of aryl methyl sites for hydroxylation is 2. The zero-order chi connectivity index (χ0) is 30.7. The van der Waals surface area contributed by atoms with Crippen LogP contribution in [0.4, 0.5) is 0 Å². The van der Waals surface area contributed by atoms with Gasteiger partial charge in [0.25, 0.3) is 0 Å². The van der Waals surface area contributed by atoms with Crippen LogP contribution in [0.3, 0.4) is 0 Å². The maximum Gasteiger partial charge on any atom is 0.125 e. The predicted octanol–water partition coefficient (Wildman–Crippen LogP) is 9.99.